The second-order valence-electron chi connectivity index (χ2n) is 3.81. The van der Waals surface area contributed by atoms with Gasteiger partial charge in [0.1, 0.15) is 12.0 Å². The maximum Gasteiger partial charge on any atom is 0.302 e. The standard InChI is InChI=1S/C11H18O7/c1-8(15)18-7-11(6-14,9(16)2-4-12)10(17)3-5-13/h12-14H,2-7H2,1H3. The summed E-state index contributed by atoms with van der Waals surface area (Å²) in [6, 6.07) is 0. The molecule has 0 saturated carbocycles. The predicted molar refractivity (Wildman–Crippen MR) is 59.6 cm³/mol. The van der Waals surface area contributed by atoms with Gasteiger partial charge in [-0.25, -0.2) is 0 Å². The number of Topliss-reactive ketones (excluding diaryl/α,β-unsaturated/α-hetero) is 2. The fourth-order valence-electron chi connectivity index (χ4n) is 1.44. The molecule has 0 fully saturated rings. The minimum Gasteiger partial charge on any atom is -0.464 e. The second kappa shape index (κ2) is 7.91. The van der Waals surface area contributed by atoms with Crippen LogP contribution in [0.1, 0.15) is 19.8 Å². The molecule has 18 heavy (non-hydrogen) atoms. The molecule has 0 rings (SSSR count). The Balaban J connectivity index is 5.11. The molecular weight excluding hydrogens is 244 g/mol. The average Bonchev–Trinajstić information content (AvgIpc) is 2.30. The molecule has 0 atom stereocenters. The van der Waals surface area contributed by atoms with Crippen molar-refractivity contribution in [2.24, 2.45) is 5.41 Å². The van der Waals surface area contributed by atoms with Crippen LogP contribution < -0.4 is 0 Å². The van der Waals surface area contributed by atoms with E-state index in [-0.39, 0.29) is 12.8 Å². The van der Waals surface area contributed by atoms with Crippen LogP contribution in [0.3, 0.4) is 0 Å². The van der Waals surface area contributed by atoms with E-state index in [0.29, 0.717) is 0 Å². The molecule has 0 aromatic carbocycles. The normalized spacial score (nSPS) is 11.1. The lowest BCUT2D eigenvalue weighted by atomic mass is 9.78. The van der Waals surface area contributed by atoms with Crippen molar-refractivity contribution in [1.29, 1.82) is 0 Å². The van der Waals surface area contributed by atoms with E-state index < -0.39 is 49.4 Å². The molecule has 0 saturated heterocycles. The molecule has 7 nitrogen and oxygen atoms in total. The van der Waals surface area contributed by atoms with Crippen molar-refractivity contribution < 1.29 is 34.4 Å². The van der Waals surface area contributed by atoms with Crippen molar-refractivity contribution >= 4 is 17.5 Å². The quantitative estimate of drug-likeness (QED) is 0.339. The average molecular weight is 262 g/mol. The summed E-state index contributed by atoms with van der Waals surface area (Å²) in [5.41, 5.74) is -1.89. The van der Waals surface area contributed by atoms with Crippen LogP contribution in [-0.4, -0.2) is 59.3 Å². The molecule has 0 aliphatic carbocycles. The van der Waals surface area contributed by atoms with Crippen molar-refractivity contribution in [1.82, 2.24) is 0 Å². The van der Waals surface area contributed by atoms with Gasteiger partial charge in [-0.3, -0.25) is 14.4 Å². The molecule has 0 spiro atoms. The van der Waals surface area contributed by atoms with E-state index in [1.807, 2.05) is 0 Å². The van der Waals surface area contributed by atoms with Crippen LogP contribution in [0.4, 0.5) is 0 Å². The van der Waals surface area contributed by atoms with E-state index in [2.05, 4.69) is 4.74 Å². The number of aliphatic hydroxyl groups excluding tert-OH is 3. The van der Waals surface area contributed by atoms with Crippen LogP contribution in [0, 0.1) is 5.41 Å². The highest BCUT2D eigenvalue weighted by Crippen LogP contribution is 2.24. The zero-order valence-electron chi connectivity index (χ0n) is 10.2. The third kappa shape index (κ3) is 4.17. The van der Waals surface area contributed by atoms with Crippen molar-refractivity contribution in [2.75, 3.05) is 26.4 Å². The van der Waals surface area contributed by atoms with Gasteiger partial charge < -0.3 is 20.1 Å². The molecule has 0 radical (unpaired) electrons. The van der Waals surface area contributed by atoms with Crippen LogP contribution in [-0.2, 0) is 19.1 Å². The Morgan fingerprint density at radius 1 is 1.00 bits per heavy atom. The molecular formula is C11H18O7. The molecule has 0 amide bonds. The third-order valence-electron chi connectivity index (χ3n) is 2.54. The largest absolute Gasteiger partial charge is 0.464 e. The lowest BCUT2D eigenvalue weighted by Crippen LogP contribution is -2.47. The number of hydrogen-bond acceptors (Lipinski definition) is 7. The van der Waals surface area contributed by atoms with Gasteiger partial charge in [0.05, 0.1) is 19.8 Å². The zero-order chi connectivity index (χ0) is 14.2. The van der Waals surface area contributed by atoms with Gasteiger partial charge in [0.2, 0.25) is 0 Å². The Morgan fingerprint density at radius 2 is 1.44 bits per heavy atom. The molecule has 7 heteroatoms. The Morgan fingerprint density at radius 3 is 1.72 bits per heavy atom. The minimum atomic E-state index is -1.89. The number of ketones is 2. The zero-order valence-corrected chi connectivity index (χ0v) is 10.2. The highest BCUT2D eigenvalue weighted by atomic mass is 16.5. The van der Waals surface area contributed by atoms with Crippen LogP contribution in [0.2, 0.25) is 0 Å². The van der Waals surface area contributed by atoms with E-state index in [0.717, 1.165) is 6.92 Å². The molecule has 0 aromatic rings. The second-order valence-corrected chi connectivity index (χ2v) is 3.81. The van der Waals surface area contributed by atoms with Gasteiger partial charge >= 0.3 is 5.97 Å². The van der Waals surface area contributed by atoms with Crippen LogP contribution >= 0.6 is 0 Å². The van der Waals surface area contributed by atoms with Crippen LogP contribution in [0.15, 0.2) is 0 Å². The van der Waals surface area contributed by atoms with E-state index >= 15 is 0 Å². The van der Waals surface area contributed by atoms with Gasteiger partial charge in [0, 0.05) is 19.8 Å². The number of carbonyl (C=O) groups excluding carboxylic acids is 3. The molecule has 0 bridgehead atoms. The Bertz CT molecular complexity index is 293. The van der Waals surface area contributed by atoms with Gasteiger partial charge in [-0.05, 0) is 0 Å². The first-order valence-corrected chi connectivity index (χ1v) is 5.47. The number of esters is 1. The molecule has 104 valence electrons. The number of rotatable bonds is 9. The van der Waals surface area contributed by atoms with Crippen molar-refractivity contribution in [3.63, 3.8) is 0 Å². The predicted octanol–water partition coefficient (Wildman–Crippen LogP) is -1.57. The van der Waals surface area contributed by atoms with Crippen LogP contribution in [0.25, 0.3) is 0 Å². The first kappa shape index (κ1) is 16.7. The minimum absolute atomic E-state index is 0.334. The van der Waals surface area contributed by atoms with Crippen molar-refractivity contribution in [3.05, 3.63) is 0 Å². The van der Waals surface area contributed by atoms with Gasteiger partial charge in [-0.1, -0.05) is 0 Å². The maximum atomic E-state index is 11.8. The van der Waals surface area contributed by atoms with Crippen molar-refractivity contribution in [2.45, 2.75) is 19.8 Å². The lowest BCUT2D eigenvalue weighted by molar-refractivity contribution is -0.156. The monoisotopic (exact) mass is 262 g/mol. The highest BCUT2D eigenvalue weighted by molar-refractivity contribution is 6.07. The van der Waals surface area contributed by atoms with Gasteiger partial charge in [0.15, 0.2) is 11.6 Å². The van der Waals surface area contributed by atoms with E-state index in [1.54, 1.807) is 0 Å². The summed E-state index contributed by atoms with van der Waals surface area (Å²) >= 11 is 0. The maximum absolute atomic E-state index is 11.8. The smallest absolute Gasteiger partial charge is 0.302 e. The fourth-order valence-corrected chi connectivity index (χ4v) is 1.44. The molecule has 3 N–H and O–H groups in total. The molecule has 0 heterocycles. The van der Waals surface area contributed by atoms with E-state index in [4.69, 9.17) is 10.2 Å². The summed E-state index contributed by atoms with van der Waals surface area (Å²) in [6.07, 6.45) is -0.669. The van der Waals surface area contributed by atoms with Gasteiger partial charge in [-0.2, -0.15) is 0 Å². The Kier molecular flexibility index (Phi) is 7.33. The number of ether oxygens (including phenoxy) is 1. The van der Waals surface area contributed by atoms with E-state index in [1.165, 1.54) is 0 Å². The third-order valence-corrected chi connectivity index (χ3v) is 2.54. The highest BCUT2D eigenvalue weighted by Gasteiger charge is 2.44. The summed E-state index contributed by atoms with van der Waals surface area (Å²) in [4.78, 5) is 34.4. The summed E-state index contributed by atoms with van der Waals surface area (Å²) < 4.78 is 4.63. The Labute approximate surface area is 104 Å². The summed E-state index contributed by atoms with van der Waals surface area (Å²) in [5.74, 6) is -2.12. The first-order valence-electron chi connectivity index (χ1n) is 5.47. The first-order chi connectivity index (χ1) is 8.44. The molecule has 0 aliphatic rings. The molecule has 0 aliphatic heterocycles. The summed E-state index contributed by atoms with van der Waals surface area (Å²) in [7, 11) is 0. The van der Waals surface area contributed by atoms with Gasteiger partial charge in [0.25, 0.3) is 0 Å². The van der Waals surface area contributed by atoms with Crippen molar-refractivity contribution in [3.8, 4) is 0 Å². The lowest BCUT2D eigenvalue weighted by Gasteiger charge is -2.27. The molecule has 0 unspecified atom stereocenters. The van der Waals surface area contributed by atoms with Gasteiger partial charge in [-0.15, -0.1) is 0 Å². The fraction of sp³-hybridized carbons (Fsp3) is 0.727. The Hall–Kier alpha value is -1.31. The molecule has 0 aromatic heterocycles. The number of hydrogen-bond donors (Lipinski definition) is 3. The summed E-state index contributed by atoms with van der Waals surface area (Å²) in [6.45, 7) is -1.27. The summed E-state index contributed by atoms with van der Waals surface area (Å²) in [5, 5.41) is 26.7. The SMILES string of the molecule is CC(=O)OCC(CO)(C(=O)CCO)C(=O)CCO. The topological polar surface area (TPSA) is 121 Å². The van der Waals surface area contributed by atoms with Crippen LogP contribution in [0.5, 0.6) is 0 Å². The number of aliphatic hydroxyl groups is 3. The number of carbonyl (C=O) groups is 3. The van der Waals surface area contributed by atoms with E-state index in [9.17, 15) is 19.5 Å².